The van der Waals surface area contributed by atoms with E-state index in [9.17, 15) is 0 Å². The Hall–Kier alpha value is -0.980. The molecule has 0 N–H and O–H groups in total. The minimum Gasteiger partial charge on any atom is -0.490 e. The van der Waals surface area contributed by atoms with Crippen LogP contribution in [-0.4, -0.2) is 6.10 Å². The Kier molecular flexibility index (Phi) is 3.87. The molecule has 1 aliphatic rings. The molecule has 0 radical (unpaired) electrons. The first-order valence-corrected chi connectivity index (χ1v) is 6.54. The highest BCUT2D eigenvalue weighted by atomic mass is 16.5. The summed E-state index contributed by atoms with van der Waals surface area (Å²) in [6.45, 7) is 4.53. The SMILES string of the molecule is CCc1ccccc1OC1CCC(C)CC1. The van der Waals surface area contributed by atoms with Gasteiger partial charge in [-0.05, 0) is 49.7 Å². The summed E-state index contributed by atoms with van der Waals surface area (Å²) >= 11 is 0. The van der Waals surface area contributed by atoms with Crippen molar-refractivity contribution in [3.63, 3.8) is 0 Å². The Labute approximate surface area is 98.8 Å². The van der Waals surface area contributed by atoms with E-state index in [0.29, 0.717) is 6.10 Å². The molecule has 0 aromatic heterocycles. The van der Waals surface area contributed by atoms with Gasteiger partial charge in [0.25, 0.3) is 0 Å². The number of para-hydroxylation sites is 1. The molecule has 0 bridgehead atoms. The maximum atomic E-state index is 6.13. The molecule has 1 nitrogen and oxygen atoms in total. The number of hydrogen-bond acceptors (Lipinski definition) is 1. The Bertz CT molecular complexity index is 324. The quantitative estimate of drug-likeness (QED) is 0.738. The van der Waals surface area contributed by atoms with E-state index in [1.54, 1.807) is 0 Å². The normalized spacial score (nSPS) is 25.4. The standard InChI is InChI=1S/C15H22O/c1-3-13-6-4-5-7-15(13)16-14-10-8-12(2)9-11-14/h4-7,12,14H,3,8-11H2,1-2H3. The van der Waals surface area contributed by atoms with Gasteiger partial charge in [0.2, 0.25) is 0 Å². The van der Waals surface area contributed by atoms with Gasteiger partial charge >= 0.3 is 0 Å². The second kappa shape index (κ2) is 5.38. The van der Waals surface area contributed by atoms with Crippen LogP contribution in [0.3, 0.4) is 0 Å². The van der Waals surface area contributed by atoms with E-state index in [0.717, 1.165) is 18.1 Å². The number of benzene rings is 1. The molecular weight excluding hydrogens is 196 g/mol. The lowest BCUT2D eigenvalue weighted by molar-refractivity contribution is 0.134. The molecule has 1 fully saturated rings. The number of aryl methyl sites for hydroxylation is 1. The zero-order valence-electron chi connectivity index (χ0n) is 10.4. The van der Waals surface area contributed by atoms with Crippen LogP contribution in [0.5, 0.6) is 5.75 Å². The highest BCUT2D eigenvalue weighted by Crippen LogP contribution is 2.28. The molecule has 0 spiro atoms. The Balaban J connectivity index is 1.98. The molecule has 16 heavy (non-hydrogen) atoms. The highest BCUT2D eigenvalue weighted by Gasteiger charge is 2.19. The first kappa shape index (κ1) is 11.5. The second-order valence-corrected chi connectivity index (χ2v) is 4.96. The molecule has 0 heterocycles. The van der Waals surface area contributed by atoms with Crippen molar-refractivity contribution in [1.82, 2.24) is 0 Å². The van der Waals surface area contributed by atoms with Crippen molar-refractivity contribution in [2.45, 2.75) is 52.1 Å². The van der Waals surface area contributed by atoms with Gasteiger partial charge in [-0.25, -0.2) is 0 Å². The van der Waals surface area contributed by atoms with Crippen molar-refractivity contribution >= 4 is 0 Å². The van der Waals surface area contributed by atoms with Crippen LogP contribution in [-0.2, 0) is 6.42 Å². The first-order valence-electron chi connectivity index (χ1n) is 6.54. The van der Waals surface area contributed by atoms with Gasteiger partial charge in [-0.3, -0.25) is 0 Å². The van der Waals surface area contributed by atoms with Crippen molar-refractivity contribution in [3.05, 3.63) is 29.8 Å². The van der Waals surface area contributed by atoms with E-state index in [1.165, 1.54) is 31.2 Å². The predicted molar refractivity (Wildman–Crippen MR) is 67.9 cm³/mol. The molecule has 1 aromatic carbocycles. The zero-order valence-corrected chi connectivity index (χ0v) is 10.4. The summed E-state index contributed by atoms with van der Waals surface area (Å²) in [6, 6.07) is 8.44. The smallest absolute Gasteiger partial charge is 0.122 e. The lowest BCUT2D eigenvalue weighted by Crippen LogP contribution is -2.23. The minimum absolute atomic E-state index is 0.448. The van der Waals surface area contributed by atoms with Crippen LogP contribution in [0.2, 0.25) is 0 Å². The van der Waals surface area contributed by atoms with Crippen LogP contribution in [0.25, 0.3) is 0 Å². The molecule has 2 rings (SSSR count). The summed E-state index contributed by atoms with van der Waals surface area (Å²) in [5, 5.41) is 0. The van der Waals surface area contributed by atoms with E-state index in [-0.39, 0.29) is 0 Å². The van der Waals surface area contributed by atoms with Crippen LogP contribution >= 0.6 is 0 Å². The third-order valence-electron chi connectivity index (χ3n) is 3.61. The van der Waals surface area contributed by atoms with E-state index < -0.39 is 0 Å². The van der Waals surface area contributed by atoms with Gasteiger partial charge in [0.05, 0.1) is 6.10 Å². The second-order valence-electron chi connectivity index (χ2n) is 4.96. The van der Waals surface area contributed by atoms with E-state index in [4.69, 9.17) is 4.74 Å². The maximum Gasteiger partial charge on any atom is 0.122 e. The summed E-state index contributed by atoms with van der Waals surface area (Å²) in [6.07, 6.45) is 6.58. The van der Waals surface area contributed by atoms with Gasteiger partial charge in [0.15, 0.2) is 0 Å². The van der Waals surface area contributed by atoms with Gasteiger partial charge in [0.1, 0.15) is 5.75 Å². The highest BCUT2D eigenvalue weighted by molar-refractivity contribution is 5.33. The fourth-order valence-electron chi connectivity index (χ4n) is 2.44. The summed E-state index contributed by atoms with van der Waals surface area (Å²) < 4.78 is 6.13. The first-order chi connectivity index (χ1) is 7.79. The third kappa shape index (κ3) is 2.78. The molecule has 1 aliphatic carbocycles. The number of ether oxygens (including phenoxy) is 1. The largest absolute Gasteiger partial charge is 0.490 e. The minimum atomic E-state index is 0.448. The van der Waals surface area contributed by atoms with Crippen molar-refractivity contribution in [2.24, 2.45) is 5.92 Å². The number of rotatable bonds is 3. The molecule has 0 amide bonds. The van der Waals surface area contributed by atoms with E-state index in [2.05, 4.69) is 38.1 Å². The molecule has 88 valence electrons. The monoisotopic (exact) mass is 218 g/mol. The van der Waals surface area contributed by atoms with Crippen molar-refractivity contribution in [3.8, 4) is 5.75 Å². The summed E-state index contributed by atoms with van der Waals surface area (Å²) in [7, 11) is 0. The fraction of sp³-hybridized carbons (Fsp3) is 0.600. The van der Waals surface area contributed by atoms with Crippen LogP contribution in [0.15, 0.2) is 24.3 Å². The lowest BCUT2D eigenvalue weighted by atomic mass is 9.89. The average Bonchev–Trinajstić information content (AvgIpc) is 2.33. The molecule has 0 atom stereocenters. The molecule has 0 aliphatic heterocycles. The summed E-state index contributed by atoms with van der Waals surface area (Å²) in [5.41, 5.74) is 1.33. The molecule has 1 heteroatoms. The Morgan fingerprint density at radius 1 is 1.12 bits per heavy atom. The average molecular weight is 218 g/mol. The molecule has 1 saturated carbocycles. The van der Waals surface area contributed by atoms with Crippen LogP contribution in [0.4, 0.5) is 0 Å². The fourth-order valence-corrected chi connectivity index (χ4v) is 2.44. The maximum absolute atomic E-state index is 6.13. The molecule has 1 aromatic rings. The third-order valence-corrected chi connectivity index (χ3v) is 3.61. The Morgan fingerprint density at radius 3 is 2.50 bits per heavy atom. The van der Waals surface area contributed by atoms with Gasteiger partial charge in [-0.15, -0.1) is 0 Å². The Morgan fingerprint density at radius 2 is 1.81 bits per heavy atom. The van der Waals surface area contributed by atoms with E-state index >= 15 is 0 Å². The van der Waals surface area contributed by atoms with Crippen LogP contribution in [0.1, 0.15) is 45.1 Å². The van der Waals surface area contributed by atoms with E-state index in [1.807, 2.05) is 0 Å². The number of hydrogen-bond donors (Lipinski definition) is 0. The van der Waals surface area contributed by atoms with Gasteiger partial charge in [-0.2, -0.15) is 0 Å². The van der Waals surface area contributed by atoms with Crippen molar-refractivity contribution < 1.29 is 4.74 Å². The van der Waals surface area contributed by atoms with Crippen molar-refractivity contribution in [1.29, 1.82) is 0 Å². The summed E-state index contributed by atoms with van der Waals surface area (Å²) in [4.78, 5) is 0. The topological polar surface area (TPSA) is 9.23 Å². The van der Waals surface area contributed by atoms with Gasteiger partial charge in [0, 0.05) is 0 Å². The zero-order chi connectivity index (χ0) is 11.4. The van der Waals surface area contributed by atoms with Gasteiger partial charge < -0.3 is 4.74 Å². The van der Waals surface area contributed by atoms with Gasteiger partial charge in [-0.1, -0.05) is 32.0 Å². The van der Waals surface area contributed by atoms with Crippen LogP contribution < -0.4 is 4.74 Å². The lowest BCUT2D eigenvalue weighted by Gasteiger charge is -2.27. The van der Waals surface area contributed by atoms with Crippen molar-refractivity contribution in [2.75, 3.05) is 0 Å². The molecule has 0 saturated heterocycles. The predicted octanol–water partition coefficient (Wildman–Crippen LogP) is 4.21. The van der Waals surface area contributed by atoms with Crippen LogP contribution in [0, 0.1) is 5.92 Å². The molecular formula is C15H22O. The summed E-state index contributed by atoms with van der Waals surface area (Å²) in [5.74, 6) is 1.99. The molecule has 0 unspecified atom stereocenters.